The summed E-state index contributed by atoms with van der Waals surface area (Å²) in [6.45, 7) is 7.91. The lowest BCUT2D eigenvalue weighted by Gasteiger charge is -2.08. The van der Waals surface area contributed by atoms with Crippen molar-refractivity contribution in [2.75, 3.05) is 12.3 Å². The lowest BCUT2D eigenvalue weighted by atomic mass is 10.1. The summed E-state index contributed by atoms with van der Waals surface area (Å²) in [5.41, 5.74) is 1.21. The Bertz CT molecular complexity index is 640. The van der Waals surface area contributed by atoms with Gasteiger partial charge in [-0.15, -0.1) is 10.2 Å². The zero-order chi connectivity index (χ0) is 17.4. The number of rotatable bonds is 9. The van der Waals surface area contributed by atoms with Crippen LogP contribution in [0.1, 0.15) is 38.6 Å². The molecule has 0 atom stereocenters. The van der Waals surface area contributed by atoms with Crippen molar-refractivity contribution in [1.29, 1.82) is 0 Å². The molecule has 1 heterocycles. The highest BCUT2D eigenvalue weighted by Gasteiger charge is 2.13. The summed E-state index contributed by atoms with van der Waals surface area (Å²) < 4.78 is 2.08. The second-order valence-electron chi connectivity index (χ2n) is 6.13. The molecule has 130 valence electrons. The molecule has 0 saturated heterocycles. The molecule has 2 rings (SSSR count). The second-order valence-corrected chi connectivity index (χ2v) is 7.07. The predicted molar refractivity (Wildman–Crippen MR) is 98.1 cm³/mol. The van der Waals surface area contributed by atoms with Gasteiger partial charge in [0.15, 0.2) is 5.16 Å². The van der Waals surface area contributed by atoms with E-state index in [1.807, 2.05) is 18.2 Å². The molecule has 0 fully saturated rings. The summed E-state index contributed by atoms with van der Waals surface area (Å²) in [6, 6.07) is 10.2. The molecule has 0 radical (unpaired) electrons. The Kier molecular flexibility index (Phi) is 7.31. The van der Waals surface area contributed by atoms with Gasteiger partial charge in [0.2, 0.25) is 5.91 Å². The third-order valence-corrected chi connectivity index (χ3v) is 4.66. The molecule has 6 heteroatoms. The molecule has 0 unspecified atom stereocenters. The van der Waals surface area contributed by atoms with Gasteiger partial charge in [-0.05, 0) is 24.8 Å². The number of carbonyl (C=O) groups excluding carboxylic acids is 1. The van der Waals surface area contributed by atoms with Crippen LogP contribution in [0.3, 0.4) is 0 Å². The van der Waals surface area contributed by atoms with Crippen molar-refractivity contribution in [2.24, 2.45) is 5.92 Å². The minimum atomic E-state index is 0.0518. The Morgan fingerprint density at radius 3 is 2.67 bits per heavy atom. The van der Waals surface area contributed by atoms with Gasteiger partial charge in [0.05, 0.1) is 5.75 Å². The van der Waals surface area contributed by atoms with Gasteiger partial charge < -0.3 is 9.88 Å². The van der Waals surface area contributed by atoms with Gasteiger partial charge in [-0.2, -0.15) is 0 Å². The quantitative estimate of drug-likeness (QED) is 0.709. The van der Waals surface area contributed by atoms with Crippen LogP contribution in [-0.2, 0) is 17.8 Å². The summed E-state index contributed by atoms with van der Waals surface area (Å²) in [7, 11) is 0. The molecule has 0 saturated carbocycles. The van der Waals surface area contributed by atoms with Crippen LogP contribution in [-0.4, -0.2) is 33.0 Å². The van der Waals surface area contributed by atoms with Gasteiger partial charge in [0, 0.05) is 19.5 Å². The molecule has 1 aromatic heterocycles. The number of nitrogens with one attached hydrogen (secondary N) is 1. The van der Waals surface area contributed by atoms with Crippen molar-refractivity contribution >= 4 is 17.7 Å². The molecule has 0 spiro atoms. The van der Waals surface area contributed by atoms with Crippen LogP contribution in [0.5, 0.6) is 0 Å². The Balaban J connectivity index is 1.90. The summed E-state index contributed by atoms with van der Waals surface area (Å²) in [5, 5.41) is 12.3. The molecule has 2 aromatic rings. The maximum Gasteiger partial charge on any atom is 0.230 e. The number of hydrogen-bond acceptors (Lipinski definition) is 4. The third-order valence-electron chi connectivity index (χ3n) is 3.69. The number of carbonyl (C=O) groups is 1. The van der Waals surface area contributed by atoms with E-state index in [1.54, 1.807) is 0 Å². The molecule has 1 amide bonds. The maximum absolute atomic E-state index is 11.9. The number of hydrogen-bond donors (Lipinski definition) is 1. The zero-order valence-corrected chi connectivity index (χ0v) is 15.5. The summed E-state index contributed by atoms with van der Waals surface area (Å²) >= 11 is 1.45. The number of benzene rings is 1. The van der Waals surface area contributed by atoms with Crippen LogP contribution >= 0.6 is 11.8 Å². The average Bonchev–Trinajstić information content (AvgIpc) is 2.95. The van der Waals surface area contributed by atoms with Crippen molar-refractivity contribution in [3.8, 4) is 0 Å². The van der Waals surface area contributed by atoms with E-state index in [1.165, 1.54) is 17.3 Å². The maximum atomic E-state index is 11.9. The van der Waals surface area contributed by atoms with Crippen molar-refractivity contribution in [3.05, 3.63) is 41.7 Å². The highest BCUT2D eigenvalue weighted by molar-refractivity contribution is 7.99. The fourth-order valence-electron chi connectivity index (χ4n) is 2.33. The lowest BCUT2D eigenvalue weighted by Crippen LogP contribution is -2.27. The van der Waals surface area contributed by atoms with E-state index in [9.17, 15) is 4.79 Å². The molecule has 5 nitrogen and oxygen atoms in total. The standard InChI is InChI=1S/C18H26N4OS/c1-4-22-16(12-15-8-6-5-7-9-15)20-21-18(22)24-13-17(23)19-11-10-14(2)3/h5-9,14H,4,10-13H2,1-3H3,(H,19,23). The Hall–Kier alpha value is -1.82. The first-order valence-corrected chi connectivity index (χ1v) is 9.44. The number of aromatic nitrogens is 3. The Labute approximate surface area is 148 Å². The SMILES string of the molecule is CCn1c(Cc2ccccc2)nnc1SCC(=O)NCCC(C)C. The minimum Gasteiger partial charge on any atom is -0.355 e. The Morgan fingerprint density at radius 2 is 2.00 bits per heavy atom. The van der Waals surface area contributed by atoms with Crippen LogP contribution in [0.2, 0.25) is 0 Å². The normalized spacial score (nSPS) is 11.0. The van der Waals surface area contributed by atoms with Crippen LogP contribution in [0.4, 0.5) is 0 Å². The minimum absolute atomic E-state index is 0.0518. The second kappa shape index (κ2) is 9.47. The molecule has 0 aliphatic heterocycles. The summed E-state index contributed by atoms with van der Waals surface area (Å²) in [4.78, 5) is 11.9. The van der Waals surface area contributed by atoms with Gasteiger partial charge in [0.25, 0.3) is 0 Å². The van der Waals surface area contributed by atoms with Crippen LogP contribution in [0.15, 0.2) is 35.5 Å². The highest BCUT2D eigenvalue weighted by Crippen LogP contribution is 2.18. The van der Waals surface area contributed by atoms with E-state index in [0.717, 1.165) is 36.9 Å². The van der Waals surface area contributed by atoms with Gasteiger partial charge in [-0.25, -0.2) is 0 Å². The average molecular weight is 347 g/mol. The summed E-state index contributed by atoms with van der Waals surface area (Å²) in [5.74, 6) is 1.96. The largest absolute Gasteiger partial charge is 0.355 e. The first-order valence-electron chi connectivity index (χ1n) is 8.45. The number of nitrogens with zero attached hydrogens (tertiary/aromatic N) is 3. The van der Waals surface area contributed by atoms with Gasteiger partial charge in [0.1, 0.15) is 5.82 Å². The first kappa shape index (κ1) is 18.5. The van der Waals surface area contributed by atoms with E-state index >= 15 is 0 Å². The van der Waals surface area contributed by atoms with E-state index < -0.39 is 0 Å². The highest BCUT2D eigenvalue weighted by atomic mass is 32.2. The van der Waals surface area contributed by atoms with Crippen molar-refractivity contribution in [3.63, 3.8) is 0 Å². The number of thioether (sulfide) groups is 1. The molecule has 0 aliphatic carbocycles. The van der Waals surface area contributed by atoms with Crippen molar-refractivity contribution in [1.82, 2.24) is 20.1 Å². The Morgan fingerprint density at radius 1 is 1.25 bits per heavy atom. The smallest absolute Gasteiger partial charge is 0.230 e. The fourth-order valence-corrected chi connectivity index (χ4v) is 3.19. The van der Waals surface area contributed by atoms with Gasteiger partial charge in [-0.3, -0.25) is 4.79 Å². The number of amides is 1. The van der Waals surface area contributed by atoms with E-state index in [2.05, 4.69) is 53.0 Å². The zero-order valence-electron chi connectivity index (χ0n) is 14.7. The van der Waals surface area contributed by atoms with E-state index in [4.69, 9.17) is 0 Å². The molecule has 0 bridgehead atoms. The predicted octanol–water partition coefficient (Wildman–Crippen LogP) is 3.14. The molecule has 0 aliphatic rings. The molecular weight excluding hydrogens is 320 g/mol. The lowest BCUT2D eigenvalue weighted by molar-refractivity contribution is -0.118. The first-order chi connectivity index (χ1) is 11.6. The fraction of sp³-hybridized carbons (Fsp3) is 0.500. The van der Waals surface area contributed by atoms with Crippen molar-refractivity contribution < 1.29 is 4.79 Å². The summed E-state index contributed by atoms with van der Waals surface area (Å²) in [6.07, 6.45) is 1.76. The third kappa shape index (κ3) is 5.67. The van der Waals surface area contributed by atoms with Crippen LogP contribution < -0.4 is 5.32 Å². The molecule has 24 heavy (non-hydrogen) atoms. The molecule has 1 aromatic carbocycles. The van der Waals surface area contributed by atoms with Crippen LogP contribution in [0, 0.1) is 5.92 Å². The van der Waals surface area contributed by atoms with Gasteiger partial charge in [-0.1, -0.05) is 55.9 Å². The van der Waals surface area contributed by atoms with Crippen molar-refractivity contribution in [2.45, 2.75) is 45.3 Å². The molecule has 1 N–H and O–H groups in total. The molecular formula is C18H26N4OS. The van der Waals surface area contributed by atoms with Crippen LogP contribution in [0.25, 0.3) is 0 Å². The topological polar surface area (TPSA) is 59.8 Å². The monoisotopic (exact) mass is 346 g/mol. The van der Waals surface area contributed by atoms with Gasteiger partial charge >= 0.3 is 0 Å². The van der Waals surface area contributed by atoms with E-state index in [-0.39, 0.29) is 5.91 Å². The van der Waals surface area contributed by atoms with E-state index in [0.29, 0.717) is 11.7 Å².